The lowest BCUT2D eigenvalue weighted by Crippen LogP contribution is -2.41. The van der Waals surface area contributed by atoms with Gasteiger partial charge in [0.15, 0.2) is 5.82 Å². The number of hydrogen-bond donors (Lipinski definition) is 2. The number of ether oxygens (including phenoxy) is 1. The van der Waals surface area contributed by atoms with Crippen LogP contribution >= 0.6 is 23.2 Å². The summed E-state index contributed by atoms with van der Waals surface area (Å²) in [5.41, 5.74) is 1.34. The zero-order valence-electron chi connectivity index (χ0n) is 19.3. The van der Waals surface area contributed by atoms with E-state index in [2.05, 4.69) is 20.7 Å². The maximum Gasteiger partial charge on any atom is 0.274 e. The van der Waals surface area contributed by atoms with Gasteiger partial charge < -0.3 is 15.4 Å². The van der Waals surface area contributed by atoms with E-state index in [0.717, 1.165) is 12.8 Å². The van der Waals surface area contributed by atoms with Crippen molar-refractivity contribution in [3.8, 4) is 11.7 Å². The number of amides is 2. The Morgan fingerprint density at radius 1 is 1.19 bits per heavy atom. The van der Waals surface area contributed by atoms with Crippen LogP contribution in [0.25, 0.3) is 5.82 Å². The van der Waals surface area contributed by atoms with Gasteiger partial charge in [0.1, 0.15) is 11.8 Å². The molecule has 0 bridgehead atoms. The third kappa shape index (κ3) is 5.40. The second-order valence-electron chi connectivity index (χ2n) is 8.85. The second-order valence-corrected chi connectivity index (χ2v) is 11.2. The van der Waals surface area contributed by atoms with Crippen molar-refractivity contribution in [1.82, 2.24) is 20.1 Å². The van der Waals surface area contributed by atoms with Gasteiger partial charge in [0.05, 0.1) is 27.8 Å². The fourth-order valence-electron chi connectivity index (χ4n) is 3.80. The molecule has 2 aromatic heterocycles. The van der Waals surface area contributed by atoms with Crippen LogP contribution in [-0.4, -0.2) is 54.9 Å². The monoisotopic (exact) mass is 547 g/mol. The first-order valence-corrected chi connectivity index (χ1v) is 13.6. The van der Waals surface area contributed by atoms with Crippen molar-refractivity contribution in [2.45, 2.75) is 25.9 Å². The van der Waals surface area contributed by atoms with Gasteiger partial charge in [-0.15, -0.1) is 5.10 Å². The summed E-state index contributed by atoms with van der Waals surface area (Å²) in [6, 6.07) is 7.98. The molecule has 2 amide bonds. The predicted molar refractivity (Wildman–Crippen MR) is 138 cm³/mol. The molecule has 1 aliphatic heterocycles. The first kappa shape index (κ1) is 24.7. The maximum absolute atomic E-state index is 13.5. The van der Waals surface area contributed by atoms with Gasteiger partial charge in [-0.2, -0.15) is 0 Å². The van der Waals surface area contributed by atoms with Gasteiger partial charge in [0, 0.05) is 34.6 Å². The summed E-state index contributed by atoms with van der Waals surface area (Å²) in [5, 5.41) is 10.8. The predicted octanol–water partition coefficient (Wildman–Crippen LogP) is 3.78. The molecule has 36 heavy (non-hydrogen) atoms. The van der Waals surface area contributed by atoms with Gasteiger partial charge in [0.25, 0.3) is 11.8 Å². The van der Waals surface area contributed by atoms with Gasteiger partial charge in [-0.05, 0) is 55.5 Å². The fraction of sp³-hybridized carbons (Fsp3) is 0.333. The van der Waals surface area contributed by atoms with Gasteiger partial charge in [-0.3, -0.25) is 13.8 Å². The molecule has 0 spiro atoms. The topological polar surface area (TPSA) is 115 Å². The van der Waals surface area contributed by atoms with E-state index in [1.54, 1.807) is 25.1 Å². The molecule has 1 aliphatic carbocycles. The lowest BCUT2D eigenvalue weighted by atomic mass is 10.1. The van der Waals surface area contributed by atoms with Crippen molar-refractivity contribution in [3.05, 3.63) is 63.4 Å². The smallest absolute Gasteiger partial charge is 0.274 e. The summed E-state index contributed by atoms with van der Waals surface area (Å²) in [6.07, 6.45) is 3.48. The molecule has 3 heterocycles. The van der Waals surface area contributed by atoms with E-state index in [1.807, 2.05) is 0 Å². The summed E-state index contributed by atoms with van der Waals surface area (Å²) >= 11 is 12.6. The van der Waals surface area contributed by atoms with Crippen LogP contribution in [0.4, 0.5) is 5.69 Å². The average Bonchev–Trinajstić information content (AvgIpc) is 3.56. The molecule has 9 nitrogen and oxygen atoms in total. The zero-order chi connectivity index (χ0) is 25.4. The number of aromatic nitrogens is 3. The van der Waals surface area contributed by atoms with E-state index >= 15 is 0 Å². The normalized spacial score (nSPS) is 18.9. The number of halogens is 2. The Kier molecular flexibility index (Phi) is 7.00. The van der Waals surface area contributed by atoms with Crippen molar-refractivity contribution < 1.29 is 18.5 Å². The Balaban J connectivity index is 1.47. The van der Waals surface area contributed by atoms with Crippen molar-refractivity contribution in [2.24, 2.45) is 5.92 Å². The van der Waals surface area contributed by atoms with Gasteiger partial charge in [-0.25, -0.2) is 9.67 Å². The zero-order valence-corrected chi connectivity index (χ0v) is 21.6. The highest BCUT2D eigenvalue weighted by molar-refractivity contribution is 7.86. The van der Waals surface area contributed by atoms with Crippen LogP contribution in [0.3, 0.4) is 0 Å². The summed E-state index contributed by atoms with van der Waals surface area (Å²) in [6.45, 7) is 2.34. The number of hydrogen-bond acceptors (Lipinski definition) is 6. The highest BCUT2D eigenvalue weighted by Gasteiger charge is 2.30. The van der Waals surface area contributed by atoms with Gasteiger partial charge >= 0.3 is 0 Å². The third-order valence-electron chi connectivity index (χ3n) is 5.92. The number of pyridine rings is 1. The molecule has 188 valence electrons. The van der Waals surface area contributed by atoms with Crippen molar-refractivity contribution in [2.75, 3.05) is 23.4 Å². The summed E-state index contributed by atoms with van der Waals surface area (Å²) in [5.74, 6) is 0.870. The molecule has 0 atom stereocenters. The summed E-state index contributed by atoms with van der Waals surface area (Å²) in [4.78, 5) is 30.7. The highest BCUT2D eigenvalue weighted by atomic mass is 35.5. The number of benzene rings is 1. The number of nitrogens with one attached hydrogen (secondary N) is 2. The number of carbonyl (C=O) groups excluding carboxylic acids is 2. The largest absolute Gasteiger partial charge is 0.471 e. The Morgan fingerprint density at radius 3 is 2.67 bits per heavy atom. The quantitative estimate of drug-likeness (QED) is 0.443. The molecule has 1 saturated heterocycles. The molecular weight excluding hydrogens is 525 g/mol. The van der Waals surface area contributed by atoms with E-state index in [-0.39, 0.29) is 40.0 Å². The van der Waals surface area contributed by atoms with Crippen LogP contribution in [0, 0.1) is 12.8 Å². The molecule has 0 radical (unpaired) electrons. The maximum atomic E-state index is 13.5. The molecule has 5 rings (SSSR count). The molecule has 1 saturated carbocycles. The summed E-state index contributed by atoms with van der Waals surface area (Å²) < 4.78 is 18.6. The van der Waals surface area contributed by atoms with Crippen LogP contribution in [-0.2, 0) is 10.8 Å². The first-order valence-electron chi connectivity index (χ1n) is 11.4. The Hall–Kier alpha value is -2.95. The number of anilines is 1. The number of aryl methyl sites for hydroxylation is 1. The molecule has 3 aromatic rings. The molecule has 2 N–H and O–H groups in total. The molecule has 12 heteroatoms. The fourth-order valence-corrected chi connectivity index (χ4v) is 5.14. The molecule has 0 unspecified atom stereocenters. The average molecular weight is 548 g/mol. The minimum Gasteiger partial charge on any atom is -0.471 e. The van der Waals surface area contributed by atoms with Crippen LogP contribution in [0.5, 0.6) is 5.88 Å². The van der Waals surface area contributed by atoms with E-state index in [4.69, 9.17) is 27.9 Å². The Morgan fingerprint density at radius 2 is 1.97 bits per heavy atom. The van der Waals surface area contributed by atoms with Crippen LogP contribution < -0.4 is 15.4 Å². The lowest BCUT2D eigenvalue weighted by Gasteiger charge is -2.24. The lowest BCUT2D eigenvalue weighted by molar-refractivity contribution is 0.0952. The van der Waals surface area contributed by atoms with Crippen molar-refractivity contribution in [1.29, 1.82) is 0 Å². The van der Waals surface area contributed by atoms with E-state index in [9.17, 15) is 13.8 Å². The van der Waals surface area contributed by atoms with Gasteiger partial charge in [-0.1, -0.05) is 23.2 Å². The summed E-state index contributed by atoms with van der Waals surface area (Å²) in [7, 11) is -0.903. The molecular formula is C24H23Cl2N5O4S. The Bertz CT molecular complexity index is 1370. The SMILES string of the molecule is Cc1cc(Cl)cc(C(=O)NCC2CC2)c1NC(=O)c1cc(OC2CS(=O)C2)nn1-c1ncccc1Cl. The van der Waals surface area contributed by atoms with E-state index in [1.165, 1.54) is 23.0 Å². The molecule has 2 fully saturated rings. The van der Waals surface area contributed by atoms with Crippen LogP contribution in [0.1, 0.15) is 39.3 Å². The third-order valence-corrected chi connectivity index (χ3v) is 7.92. The van der Waals surface area contributed by atoms with E-state index < -0.39 is 16.7 Å². The van der Waals surface area contributed by atoms with Gasteiger partial charge in [0.2, 0.25) is 5.88 Å². The van der Waals surface area contributed by atoms with Crippen molar-refractivity contribution >= 4 is 51.5 Å². The van der Waals surface area contributed by atoms with Crippen LogP contribution in [0.15, 0.2) is 36.5 Å². The van der Waals surface area contributed by atoms with Crippen molar-refractivity contribution in [3.63, 3.8) is 0 Å². The minimum absolute atomic E-state index is 0.102. The van der Waals surface area contributed by atoms with Crippen LogP contribution in [0.2, 0.25) is 10.0 Å². The molecule has 2 aliphatic rings. The number of rotatable bonds is 8. The number of carbonyl (C=O) groups is 2. The Labute approximate surface area is 220 Å². The molecule has 1 aromatic carbocycles. The van der Waals surface area contributed by atoms with E-state index in [0.29, 0.717) is 40.2 Å². The standard InChI is InChI=1S/C24H23Cl2N5O4S/c1-13-7-15(25)8-17(23(32)28-10-14-4-5-14)21(13)29-24(33)19-9-20(35-16-11-36(34)12-16)30-31(19)22-18(26)3-2-6-27-22/h2-3,6-9,14,16H,4-5,10-12H2,1H3,(H,28,32)(H,29,33). The second kappa shape index (κ2) is 10.2. The highest BCUT2D eigenvalue weighted by Crippen LogP contribution is 2.30. The minimum atomic E-state index is -0.903. The first-order chi connectivity index (χ1) is 17.3. The number of nitrogens with zero attached hydrogens (tertiary/aromatic N) is 3.